The molecule has 16 heavy (non-hydrogen) atoms. The van der Waals surface area contributed by atoms with Gasteiger partial charge < -0.3 is 4.74 Å². The topological polar surface area (TPSA) is 43.4 Å². The van der Waals surface area contributed by atoms with Crippen molar-refractivity contribution in [2.75, 3.05) is 7.11 Å². The van der Waals surface area contributed by atoms with Crippen molar-refractivity contribution in [2.45, 2.75) is 12.7 Å². The number of hydrogen-bond donors (Lipinski definition) is 0. The largest absolute Gasteiger partial charge is 0.493 e. The lowest BCUT2D eigenvalue weighted by Gasteiger charge is -2.12. The van der Waals surface area contributed by atoms with Gasteiger partial charge in [0.15, 0.2) is 11.6 Å². The molecule has 0 unspecified atom stereocenters. The Bertz CT molecular complexity index is 514. The summed E-state index contributed by atoms with van der Waals surface area (Å²) in [5, 5.41) is 0.141. The number of halogens is 3. The molecule has 0 fully saturated rings. The number of aryl methyl sites for hydroxylation is 1. The summed E-state index contributed by atoms with van der Waals surface area (Å²) in [6.45, 7) is 1.56. The molecule has 1 aromatic carbocycles. The Labute approximate surface area is 103 Å². The van der Waals surface area contributed by atoms with Crippen LogP contribution in [0.3, 0.4) is 0 Å². The SMILES string of the molecule is COc1c(F)cc(C)c(Cl)c1CS(=O)(=O)Cl. The second-order valence-corrected chi connectivity index (χ2v) is 6.34. The Balaban J connectivity index is 3.45. The van der Waals surface area contributed by atoms with Crippen molar-refractivity contribution in [2.24, 2.45) is 0 Å². The van der Waals surface area contributed by atoms with Crippen molar-refractivity contribution in [1.82, 2.24) is 0 Å². The van der Waals surface area contributed by atoms with Gasteiger partial charge in [0, 0.05) is 16.2 Å². The van der Waals surface area contributed by atoms with E-state index in [1.807, 2.05) is 0 Å². The molecule has 0 bridgehead atoms. The maximum atomic E-state index is 13.4. The van der Waals surface area contributed by atoms with E-state index < -0.39 is 20.6 Å². The summed E-state index contributed by atoms with van der Waals surface area (Å²) in [6.07, 6.45) is 0. The lowest BCUT2D eigenvalue weighted by molar-refractivity contribution is 0.382. The van der Waals surface area contributed by atoms with E-state index in [-0.39, 0.29) is 16.3 Å². The minimum Gasteiger partial charge on any atom is -0.493 e. The van der Waals surface area contributed by atoms with Crippen LogP contribution in [-0.2, 0) is 14.8 Å². The molecule has 1 aromatic rings. The first kappa shape index (κ1) is 13.5. The van der Waals surface area contributed by atoms with Gasteiger partial charge in [-0.25, -0.2) is 12.8 Å². The molecule has 7 heteroatoms. The van der Waals surface area contributed by atoms with Crippen LogP contribution in [0.1, 0.15) is 11.1 Å². The highest BCUT2D eigenvalue weighted by Crippen LogP contribution is 2.34. The van der Waals surface area contributed by atoms with Gasteiger partial charge in [0.2, 0.25) is 9.05 Å². The highest BCUT2D eigenvalue weighted by Gasteiger charge is 2.20. The fourth-order valence-corrected chi connectivity index (χ4v) is 2.56. The molecule has 0 saturated carbocycles. The van der Waals surface area contributed by atoms with Gasteiger partial charge in [-0.15, -0.1) is 0 Å². The van der Waals surface area contributed by atoms with Crippen LogP contribution in [0.4, 0.5) is 4.39 Å². The zero-order valence-corrected chi connectivity index (χ0v) is 10.9. The number of benzene rings is 1. The lowest BCUT2D eigenvalue weighted by Crippen LogP contribution is -2.03. The van der Waals surface area contributed by atoms with Gasteiger partial charge in [0.05, 0.1) is 17.9 Å². The van der Waals surface area contributed by atoms with Gasteiger partial charge in [-0.2, -0.15) is 0 Å². The summed E-state index contributed by atoms with van der Waals surface area (Å²) in [5.41, 5.74) is 0.465. The van der Waals surface area contributed by atoms with Gasteiger partial charge >= 0.3 is 0 Å². The summed E-state index contributed by atoms with van der Waals surface area (Å²) in [5.74, 6) is -1.44. The van der Waals surface area contributed by atoms with Crippen molar-refractivity contribution in [3.8, 4) is 5.75 Å². The van der Waals surface area contributed by atoms with Crippen molar-refractivity contribution in [3.63, 3.8) is 0 Å². The van der Waals surface area contributed by atoms with Gasteiger partial charge in [-0.05, 0) is 18.6 Å². The third kappa shape index (κ3) is 2.99. The van der Waals surface area contributed by atoms with Crippen molar-refractivity contribution in [1.29, 1.82) is 0 Å². The summed E-state index contributed by atoms with van der Waals surface area (Å²) in [7, 11) is 2.51. The van der Waals surface area contributed by atoms with Crippen LogP contribution in [0.5, 0.6) is 5.75 Å². The minimum atomic E-state index is -3.82. The Morgan fingerprint density at radius 2 is 2.06 bits per heavy atom. The number of ether oxygens (including phenoxy) is 1. The molecule has 0 aromatic heterocycles. The molecule has 0 aliphatic heterocycles. The predicted octanol–water partition coefficient (Wildman–Crippen LogP) is 2.86. The first-order chi connectivity index (χ1) is 7.26. The van der Waals surface area contributed by atoms with Crippen LogP contribution >= 0.6 is 22.3 Å². The number of methoxy groups -OCH3 is 1. The van der Waals surface area contributed by atoms with Crippen molar-refractivity contribution >= 4 is 31.3 Å². The van der Waals surface area contributed by atoms with Gasteiger partial charge in [-0.3, -0.25) is 0 Å². The number of hydrogen-bond acceptors (Lipinski definition) is 3. The molecule has 90 valence electrons. The maximum absolute atomic E-state index is 13.4. The average molecular weight is 287 g/mol. The highest BCUT2D eigenvalue weighted by molar-refractivity contribution is 8.13. The summed E-state index contributed by atoms with van der Waals surface area (Å²) >= 11 is 5.89. The molecular formula is C9H9Cl2FO3S. The van der Waals surface area contributed by atoms with Crippen molar-refractivity contribution < 1.29 is 17.5 Å². The first-order valence-corrected chi connectivity index (χ1v) is 7.05. The van der Waals surface area contributed by atoms with Gasteiger partial charge in [0.25, 0.3) is 0 Å². The molecule has 0 spiro atoms. The predicted molar refractivity (Wildman–Crippen MR) is 61.2 cm³/mol. The molecule has 0 amide bonds. The van der Waals surface area contributed by atoms with Crippen LogP contribution in [0, 0.1) is 12.7 Å². The molecule has 0 radical (unpaired) electrons. The van der Waals surface area contributed by atoms with E-state index in [1.165, 1.54) is 13.2 Å². The first-order valence-electron chi connectivity index (χ1n) is 4.20. The van der Waals surface area contributed by atoms with E-state index in [0.717, 1.165) is 0 Å². The second kappa shape index (κ2) is 4.77. The Kier molecular flexibility index (Phi) is 4.04. The third-order valence-corrected chi connectivity index (χ3v) is 3.45. The van der Waals surface area contributed by atoms with E-state index in [1.54, 1.807) is 6.92 Å². The average Bonchev–Trinajstić information content (AvgIpc) is 2.12. The monoisotopic (exact) mass is 286 g/mol. The highest BCUT2D eigenvalue weighted by atomic mass is 35.7. The Morgan fingerprint density at radius 1 is 1.50 bits per heavy atom. The fourth-order valence-electron chi connectivity index (χ4n) is 1.32. The molecule has 0 atom stereocenters. The van der Waals surface area contributed by atoms with Gasteiger partial charge in [0.1, 0.15) is 0 Å². The quantitative estimate of drug-likeness (QED) is 0.803. The maximum Gasteiger partial charge on any atom is 0.236 e. The standard InChI is InChI=1S/C9H9Cl2FO3S/c1-5-3-7(12)9(15-2)6(8(5)10)4-16(11,13)14/h3H,4H2,1-2H3. The molecule has 0 heterocycles. The van der Waals surface area contributed by atoms with E-state index in [9.17, 15) is 12.8 Å². The molecule has 0 N–H and O–H groups in total. The third-order valence-electron chi connectivity index (χ3n) is 1.97. The molecule has 0 aliphatic carbocycles. The van der Waals surface area contributed by atoms with E-state index in [2.05, 4.69) is 0 Å². The summed E-state index contributed by atoms with van der Waals surface area (Å²) in [4.78, 5) is 0. The van der Waals surface area contributed by atoms with E-state index in [0.29, 0.717) is 5.56 Å². The lowest BCUT2D eigenvalue weighted by atomic mass is 10.1. The van der Waals surface area contributed by atoms with Crippen LogP contribution in [-0.4, -0.2) is 15.5 Å². The molecule has 0 saturated heterocycles. The minimum absolute atomic E-state index is 0.0386. The fraction of sp³-hybridized carbons (Fsp3) is 0.333. The van der Waals surface area contributed by atoms with E-state index >= 15 is 0 Å². The van der Waals surface area contributed by atoms with Crippen LogP contribution in [0.15, 0.2) is 6.07 Å². The zero-order chi connectivity index (χ0) is 12.5. The zero-order valence-electron chi connectivity index (χ0n) is 8.55. The molecule has 0 aliphatic rings. The summed E-state index contributed by atoms with van der Waals surface area (Å²) in [6, 6.07) is 1.17. The van der Waals surface area contributed by atoms with Crippen molar-refractivity contribution in [3.05, 3.63) is 28.0 Å². The molecule has 3 nitrogen and oxygen atoms in total. The molecular weight excluding hydrogens is 278 g/mol. The van der Waals surface area contributed by atoms with E-state index in [4.69, 9.17) is 27.0 Å². The Hall–Kier alpha value is -0.520. The van der Waals surface area contributed by atoms with Crippen LogP contribution in [0.2, 0.25) is 5.02 Å². The van der Waals surface area contributed by atoms with Crippen LogP contribution < -0.4 is 4.74 Å². The van der Waals surface area contributed by atoms with Crippen LogP contribution in [0.25, 0.3) is 0 Å². The second-order valence-electron chi connectivity index (χ2n) is 3.18. The summed E-state index contributed by atoms with van der Waals surface area (Å²) < 4.78 is 40.2. The normalized spacial score (nSPS) is 11.6. The smallest absolute Gasteiger partial charge is 0.236 e. The molecule has 1 rings (SSSR count). The van der Waals surface area contributed by atoms with Gasteiger partial charge in [-0.1, -0.05) is 11.6 Å². The number of rotatable bonds is 3. The Morgan fingerprint density at radius 3 is 2.50 bits per heavy atom.